The van der Waals surface area contributed by atoms with Crippen molar-refractivity contribution in [1.82, 2.24) is 9.29 Å². The number of hydrogen-bond donors (Lipinski definition) is 1. The first kappa shape index (κ1) is 23.3. The monoisotopic (exact) mass is 458 g/mol. The van der Waals surface area contributed by atoms with Crippen LogP contribution in [0.5, 0.6) is 0 Å². The molecule has 0 spiro atoms. The van der Waals surface area contributed by atoms with E-state index in [1.54, 1.807) is 19.1 Å². The Morgan fingerprint density at radius 2 is 1.84 bits per heavy atom. The van der Waals surface area contributed by atoms with Crippen molar-refractivity contribution in [3.63, 3.8) is 0 Å². The largest absolute Gasteiger partial charge is 0.325 e. The Balaban J connectivity index is 1.68. The Labute approximate surface area is 187 Å². The van der Waals surface area contributed by atoms with Crippen LogP contribution in [0.25, 0.3) is 0 Å². The number of sulfonamides is 1. The van der Waals surface area contributed by atoms with Crippen molar-refractivity contribution in [3.05, 3.63) is 47.2 Å². The number of aromatic nitrogens is 1. The predicted molar refractivity (Wildman–Crippen MR) is 121 cm³/mol. The van der Waals surface area contributed by atoms with Gasteiger partial charge in [0.05, 0.1) is 15.7 Å². The molecule has 1 N–H and O–H groups in total. The highest BCUT2D eigenvalue weighted by atomic mass is 32.2. The molecule has 1 aromatic carbocycles. The molecule has 2 heterocycles. The molecule has 0 bridgehead atoms. The topological polar surface area (TPSA) is 103 Å². The maximum atomic E-state index is 12.7. The SMILES string of the molecule is Cc1cc(C)c(C#N)c(SC(C)C(=O)Nc2ccc(S(=O)(=O)N3CCCCC3)cc2)n1. The van der Waals surface area contributed by atoms with Gasteiger partial charge in [-0.2, -0.15) is 9.57 Å². The lowest BCUT2D eigenvalue weighted by Gasteiger charge is -2.25. The van der Waals surface area contributed by atoms with E-state index in [1.165, 1.54) is 28.2 Å². The zero-order valence-corrected chi connectivity index (χ0v) is 19.5. The quantitative estimate of drug-likeness (QED) is 0.659. The van der Waals surface area contributed by atoms with Crippen LogP contribution in [0.3, 0.4) is 0 Å². The van der Waals surface area contributed by atoms with Gasteiger partial charge in [-0.25, -0.2) is 13.4 Å². The molecule has 2 aromatic rings. The van der Waals surface area contributed by atoms with E-state index in [4.69, 9.17) is 0 Å². The van der Waals surface area contributed by atoms with Gasteiger partial charge in [0, 0.05) is 24.5 Å². The van der Waals surface area contributed by atoms with Gasteiger partial charge in [-0.05, 0) is 69.5 Å². The summed E-state index contributed by atoms with van der Waals surface area (Å²) in [6.07, 6.45) is 2.82. The van der Waals surface area contributed by atoms with E-state index >= 15 is 0 Å². The van der Waals surface area contributed by atoms with Gasteiger partial charge in [0.15, 0.2) is 0 Å². The molecule has 0 radical (unpaired) electrons. The van der Waals surface area contributed by atoms with Crippen LogP contribution in [0.15, 0.2) is 40.3 Å². The van der Waals surface area contributed by atoms with E-state index in [0.717, 1.165) is 30.5 Å². The van der Waals surface area contributed by atoms with Crippen LogP contribution in [0.1, 0.15) is 43.0 Å². The van der Waals surface area contributed by atoms with Crippen molar-refractivity contribution < 1.29 is 13.2 Å². The second-order valence-corrected chi connectivity index (χ2v) is 10.9. The number of benzene rings is 1. The summed E-state index contributed by atoms with van der Waals surface area (Å²) in [6, 6.07) is 10.2. The summed E-state index contributed by atoms with van der Waals surface area (Å²) >= 11 is 1.23. The number of piperidine rings is 1. The maximum Gasteiger partial charge on any atom is 0.243 e. The van der Waals surface area contributed by atoms with Crippen molar-refractivity contribution in [3.8, 4) is 6.07 Å². The van der Waals surface area contributed by atoms with Crippen LogP contribution in [0.4, 0.5) is 5.69 Å². The van der Waals surface area contributed by atoms with Gasteiger partial charge in [0.2, 0.25) is 15.9 Å². The molecule has 1 aromatic heterocycles. The molecule has 1 unspecified atom stereocenters. The molecular weight excluding hydrogens is 432 g/mol. The Bertz CT molecular complexity index is 1100. The van der Waals surface area contributed by atoms with Gasteiger partial charge in [0.25, 0.3) is 0 Å². The van der Waals surface area contributed by atoms with Gasteiger partial charge in [-0.1, -0.05) is 18.2 Å². The lowest BCUT2D eigenvalue weighted by molar-refractivity contribution is -0.115. The second-order valence-electron chi connectivity index (χ2n) is 7.61. The van der Waals surface area contributed by atoms with E-state index in [1.807, 2.05) is 19.9 Å². The maximum absolute atomic E-state index is 12.7. The van der Waals surface area contributed by atoms with E-state index in [9.17, 15) is 18.5 Å². The first-order valence-corrected chi connectivity index (χ1v) is 12.5. The number of carbonyl (C=O) groups is 1. The highest BCUT2D eigenvalue weighted by Crippen LogP contribution is 2.28. The fourth-order valence-electron chi connectivity index (χ4n) is 3.45. The number of anilines is 1. The smallest absolute Gasteiger partial charge is 0.243 e. The summed E-state index contributed by atoms with van der Waals surface area (Å²) in [5, 5.41) is 12.3. The molecule has 7 nitrogen and oxygen atoms in total. The van der Waals surface area contributed by atoms with Crippen LogP contribution in [0, 0.1) is 25.2 Å². The minimum absolute atomic E-state index is 0.230. The van der Waals surface area contributed by atoms with E-state index in [2.05, 4.69) is 16.4 Å². The normalized spacial score (nSPS) is 15.8. The number of carbonyl (C=O) groups excluding carboxylic acids is 1. The Kier molecular flexibility index (Phi) is 7.36. The molecule has 1 aliphatic heterocycles. The van der Waals surface area contributed by atoms with E-state index in [0.29, 0.717) is 29.4 Å². The molecule has 164 valence electrons. The molecule has 9 heteroatoms. The van der Waals surface area contributed by atoms with Crippen LogP contribution >= 0.6 is 11.8 Å². The number of amides is 1. The zero-order chi connectivity index (χ0) is 22.6. The van der Waals surface area contributed by atoms with Gasteiger partial charge in [-0.3, -0.25) is 4.79 Å². The molecular formula is C22H26N4O3S2. The van der Waals surface area contributed by atoms with Crippen molar-refractivity contribution >= 4 is 33.4 Å². The van der Waals surface area contributed by atoms with Crippen molar-refractivity contribution in [2.75, 3.05) is 18.4 Å². The summed E-state index contributed by atoms with van der Waals surface area (Å²) in [5.74, 6) is -0.249. The summed E-state index contributed by atoms with van der Waals surface area (Å²) in [4.78, 5) is 17.3. The molecule has 1 saturated heterocycles. The zero-order valence-electron chi connectivity index (χ0n) is 17.9. The van der Waals surface area contributed by atoms with Crippen LogP contribution in [0.2, 0.25) is 0 Å². The minimum atomic E-state index is -3.50. The Hall–Kier alpha value is -2.41. The first-order chi connectivity index (χ1) is 14.7. The van der Waals surface area contributed by atoms with Gasteiger partial charge in [-0.15, -0.1) is 0 Å². The third-order valence-corrected chi connectivity index (χ3v) is 8.15. The molecule has 0 saturated carbocycles. The molecule has 1 atom stereocenters. The van der Waals surface area contributed by atoms with Crippen LogP contribution in [-0.2, 0) is 14.8 Å². The number of hydrogen-bond acceptors (Lipinski definition) is 6. The number of nitriles is 1. The average Bonchev–Trinajstić information content (AvgIpc) is 2.74. The molecule has 31 heavy (non-hydrogen) atoms. The van der Waals surface area contributed by atoms with Crippen LogP contribution in [-0.4, -0.2) is 42.0 Å². The van der Waals surface area contributed by atoms with E-state index < -0.39 is 15.3 Å². The van der Waals surface area contributed by atoms with Gasteiger partial charge >= 0.3 is 0 Å². The average molecular weight is 459 g/mol. The summed E-state index contributed by atoms with van der Waals surface area (Å²) in [7, 11) is -3.50. The Morgan fingerprint density at radius 1 is 1.19 bits per heavy atom. The molecule has 3 rings (SSSR count). The number of thioether (sulfide) groups is 1. The number of rotatable bonds is 6. The number of aryl methyl sites for hydroxylation is 2. The lowest BCUT2D eigenvalue weighted by atomic mass is 10.1. The van der Waals surface area contributed by atoms with Gasteiger partial charge < -0.3 is 5.32 Å². The summed E-state index contributed by atoms with van der Waals surface area (Å²) < 4.78 is 27.0. The lowest BCUT2D eigenvalue weighted by Crippen LogP contribution is -2.35. The predicted octanol–water partition coefficient (Wildman–Crippen LogP) is 3.86. The highest BCUT2D eigenvalue weighted by Gasteiger charge is 2.26. The third kappa shape index (κ3) is 5.45. The molecule has 1 amide bonds. The summed E-state index contributed by atoms with van der Waals surface area (Å²) in [5.41, 5.74) is 2.61. The van der Waals surface area contributed by atoms with Crippen molar-refractivity contribution in [2.24, 2.45) is 0 Å². The fraction of sp³-hybridized carbons (Fsp3) is 0.409. The third-order valence-electron chi connectivity index (χ3n) is 5.16. The molecule has 1 fully saturated rings. The highest BCUT2D eigenvalue weighted by molar-refractivity contribution is 8.00. The van der Waals surface area contributed by atoms with Crippen LogP contribution < -0.4 is 5.32 Å². The summed E-state index contributed by atoms with van der Waals surface area (Å²) in [6.45, 7) is 6.54. The van der Waals surface area contributed by atoms with Crippen molar-refractivity contribution in [1.29, 1.82) is 5.26 Å². The minimum Gasteiger partial charge on any atom is -0.325 e. The standard InChI is InChI=1S/C22H26N4O3S2/c1-15-13-16(2)24-22(20(15)14-23)30-17(3)21(27)25-18-7-9-19(10-8-18)31(28,29)26-11-5-4-6-12-26/h7-10,13,17H,4-6,11-12H2,1-3H3,(H,25,27). The van der Waals surface area contributed by atoms with E-state index in [-0.39, 0.29) is 10.8 Å². The van der Waals surface area contributed by atoms with Crippen molar-refractivity contribution in [2.45, 2.75) is 55.2 Å². The molecule has 0 aliphatic carbocycles. The number of nitrogens with one attached hydrogen (secondary N) is 1. The van der Waals surface area contributed by atoms with Gasteiger partial charge in [0.1, 0.15) is 11.1 Å². The molecule has 1 aliphatic rings. The second kappa shape index (κ2) is 9.81. The fourth-order valence-corrected chi connectivity index (χ4v) is 5.99. The first-order valence-electron chi connectivity index (χ1n) is 10.2. The number of nitrogens with zero attached hydrogens (tertiary/aromatic N) is 3. The Morgan fingerprint density at radius 3 is 2.45 bits per heavy atom. The number of pyridine rings is 1.